The van der Waals surface area contributed by atoms with E-state index in [-0.39, 0.29) is 0 Å². The average molecular weight is 873 g/mol. The predicted octanol–water partition coefficient (Wildman–Crippen LogP) is 18.4. The molecule has 2 aliphatic rings. The Balaban J connectivity index is 0.956. The number of hydrogen-bond acceptors (Lipinski definition) is 2. The van der Waals surface area contributed by atoms with Crippen molar-refractivity contribution in [2.45, 2.75) is 25.7 Å². The minimum absolute atomic E-state index is 0.922. The number of hydrogen-bond donors (Lipinski definition) is 0. The lowest BCUT2D eigenvalue weighted by Crippen LogP contribution is -2.18. The van der Waals surface area contributed by atoms with E-state index in [1.165, 1.54) is 61.4 Å². The molecule has 0 radical (unpaired) electrons. The maximum absolute atomic E-state index is 2.47. The van der Waals surface area contributed by atoms with Crippen molar-refractivity contribution in [3.8, 4) is 44.5 Å². The summed E-state index contributed by atoms with van der Waals surface area (Å²) in [4.78, 5) is 4.82. The third-order valence-electron chi connectivity index (χ3n) is 13.3. The average Bonchev–Trinajstić information content (AvgIpc) is 3.43. The van der Waals surface area contributed by atoms with Crippen LogP contribution in [-0.2, 0) is 0 Å². The highest BCUT2D eigenvalue weighted by Crippen LogP contribution is 2.43. The van der Waals surface area contributed by atoms with Crippen LogP contribution < -0.4 is 9.80 Å². The summed E-state index contributed by atoms with van der Waals surface area (Å²) in [7, 11) is 0. The molecule has 9 aromatic rings. The molecular weight excluding hydrogens is 821 g/mol. The zero-order valence-corrected chi connectivity index (χ0v) is 38.1. The van der Waals surface area contributed by atoms with Gasteiger partial charge in [0.05, 0.1) is 0 Å². The number of allylic oxidation sites excluding steroid dienone is 8. The summed E-state index contributed by atoms with van der Waals surface area (Å²) in [5, 5.41) is 0. The van der Waals surface area contributed by atoms with Crippen molar-refractivity contribution in [2.24, 2.45) is 0 Å². The summed E-state index contributed by atoms with van der Waals surface area (Å²) in [5.74, 6) is 0. The van der Waals surface area contributed by atoms with E-state index in [0.717, 1.165) is 65.2 Å². The first kappa shape index (κ1) is 42.2. The van der Waals surface area contributed by atoms with Crippen LogP contribution >= 0.6 is 0 Å². The molecule has 2 nitrogen and oxygen atoms in total. The maximum atomic E-state index is 2.47. The fourth-order valence-electron chi connectivity index (χ4n) is 9.85. The van der Waals surface area contributed by atoms with Gasteiger partial charge >= 0.3 is 0 Å². The summed E-state index contributed by atoms with van der Waals surface area (Å²) in [6.45, 7) is 0. The molecule has 0 aliphatic heterocycles. The predicted molar refractivity (Wildman–Crippen MR) is 289 cm³/mol. The molecule has 68 heavy (non-hydrogen) atoms. The number of benzene rings is 9. The van der Waals surface area contributed by atoms with Gasteiger partial charge in [-0.05, 0) is 165 Å². The minimum atomic E-state index is 0.922. The van der Waals surface area contributed by atoms with Gasteiger partial charge in [-0.3, -0.25) is 0 Å². The Labute approximate surface area is 401 Å². The van der Waals surface area contributed by atoms with Crippen LogP contribution in [0.5, 0.6) is 0 Å². The monoisotopic (exact) mass is 872 g/mol. The summed E-state index contributed by atoms with van der Waals surface area (Å²) in [5.41, 5.74) is 22.0. The van der Waals surface area contributed by atoms with E-state index in [1.807, 2.05) is 0 Å². The Kier molecular flexibility index (Phi) is 12.1. The van der Waals surface area contributed by atoms with Crippen LogP contribution in [0.25, 0.3) is 50.1 Å². The van der Waals surface area contributed by atoms with Gasteiger partial charge < -0.3 is 9.80 Å². The number of para-hydroxylation sites is 1. The maximum Gasteiger partial charge on any atom is 0.0467 e. The van der Waals surface area contributed by atoms with Gasteiger partial charge in [0.15, 0.2) is 0 Å². The van der Waals surface area contributed by atoms with E-state index in [9.17, 15) is 0 Å². The Hall–Kier alpha value is -8.46. The molecule has 0 bridgehead atoms. The highest BCUT2D eigenvalue weighted by atomic mass is 15.2. The fourth-order valence-corrected chi connectivity index (χ4v) is 9.85. The van der Waals surface area contributed by atoms with Crippen molar-refractivity contribution in [3.63, 3.8) is 0 Å². The first-order chi connectivity index (χ1) is 33.7. The SMILES string of the molecule is C1=CC(c2cccc(-c3ccccc3)c2)=C(C2=CC=C(N(c3ccc(-c4ccccc4)cc3)c3cccc(-c4cccc(N(c5ccccc5)c5ccc(-c6ccccc6)cc5)c4)c3)CC2)CC1. The lowest BCUT2D eigenvalue weighted by atomic mass is 9.83. The fraction of sp³-hybridized carbons (Fsp3) is 0.0606. The smallest absolute Gasteiger partial charge is 0.0467 e. The van der Waals surface area contributed by atoms with E-state index in [0.29, 0.717) is 0 Å². The Morgan fingerprint density at radius 2 is 0.691 bits per heavy atom. The van der Waals surface area contributed by atoms with Gasteiger partial charge in [-0.2, -0.15) is 0 Å². The van der Waals surface area contributed by atoms with Gasteiger partial charge in [-0.25, -0.2) is 0 Å². The molecule has 2 aliphatic carbocycles. The first-order valence-electron chi connectivity index (χ1n) is 23.8. The topological polar surface area (TPSA) is 6.48 Å². The minimum Gasteiger partial charge on any atom is -0.314 e. The highest BCUT2D eigenvalue weighted by Gasteiger charge is 2.22. The Morgan fingerprint density at radius 1 is 0.279 bits per heavy atom. The molecule has 0 fully saturated rings. The summed E-state index contributed by atoms with van der Waals surface area (Å²) in [6, 6.07) is 87.7. The molecule has 0 saturated heterocycles. The van der Waals surface area contributed by atoms with Crippen LogP contribution in [0.15, 0.2) is 284 Å². The van der Waals surface area contributed by atoms with Crippen LogP contribution in [0.3, 0.4) is 0 Å². The van der Waals surface area contributed by atoms with Gasteiger partial charge in [0, 0.05) is 34.1 Å². The lowest BCUT2D eigenvalue weighted by molar-refractivity contribution is 0.853. The molecule has 2 heteroatoms. The molecule has 0 aromatic heterocycles. The third kappa shape index (κ3) is 9.05. The van der Waals surface area contributed by atoms with Gasteiger partial charge in [-0.1, -0.05) is 194 Å². The van der Waals surface area contributed by atoms with Crippen molar-refractivity contribution < 1.29 is 0 Å². The molecule has 0 unspecified atom stereocenters. The Morgan fingerprint density at radius 3 is 1.24 bits per heavy atom. The zero-order chi connectivity index (χ0) is 45.5. The molecule has 0 amide bonds. The van der Waals surface area contributed by atoms with E-state index >= 15 is 0 Å². The third-order valence-corrected chi connectivity index (χ3v) is 13.3. The first-order valence-corrected chi connectivity index (χ1v) is 23.8. The molecule has 0 spiro atoms. The van der Waals surface area contributed by atoms with E-state index < -0.39 is 0 Å². The van der Waals surface area contributed by atoms with Crippen LogP contribution in [0.2, 0.25) is 0 Å². The summed E-state index contributed by atoms with van der Waals surface area (Å²) in [6.07, 6.45) is 13.5. The van der Waals surface area contributed by atoms with Crippen molar-refractivity contribution in [1.29, 1.82) is 0 Å². The zero-order valence-electron chi connectivity index (χ0n) is 38.1. The van der Waals surface area contributed by atoms with Crippen LogP contribution in [0.1, 0.15) is 31.2 Å². The number of anilines is 5. The highest BCUT2D eigenvalue weighted by molar-refractivity contribution is 5.85. The molecular formula is C66H52N2. The van der Waals surface area contributed by atoms with Crippen molar-refractivity contribution in [3.05, 3.63) is 289 Å². The second-order valence-electron chi connectivity index (χ2n) is 17.6. The van der Waals surface area contributed by atoms with Gasteiger partial charge in [-0.15, -0.1) is 0 Å². The molecule has 0 N–H and O–H groups in total. The van der Waals surface area contributed by atoms with Crippen LogP contribution in [0, 0.1) is 0 Å². The van der Waals surface area contributed by atoms with Crippen molar-refractivity contribution in [2.75, 3.05) is 9.80 Å². The molecule has 0 heterocycles. The largest absolute Gasteiger partial charge is 0.314 e. The van der Waals surface area contributed by atoms with E-state index in [1.54, 1.807) is 0 Å². The number of rotatable bonds is 12. The normalized spacial score (nSPS) is 13.4. The van der Waals surface area contributed by atoms with Crippen LogP contribution in [0.4, 0.5) is 28.4 Å². The lowest BCUT2D eigenvalue weighted by Gasteiger charge is -2.31. The summed E-state index contributed by atoms with van der Waals surface area (Å²) >= 11 is 0. The van der Waals surface area contributed by atoms with Crippen molar-refractivity contribution >= 4 is 34.0 Å². The van der Waals surface area contributed by atoms with Gasteiger partial charge in [0.25, 0.3) is 0 Å². The second kappa shape index (κ2) is 19.6. The molecule has 11 rings (SSSR count). The summed E-state index contributed by atoms with van der Waals surface area (Å²) < 4.78 is 0. The Bertz CT molecular complexity index is 3290. The quantitative estimate of drug-likeness (QED) is 0.121. The van der Waals surface area contributed by atoms with Gasteiger partial charge in [0.1, 0.15) is 0 Å². The van der Waals surface area contributed by atoms with E-state index in [4.69, 9.17) is 0 Å². The van der Waals surface area contributed by atoms with Crippen molar-refractivity contribution in [1.82, 2.24) is 0 Å². The molecule has 326 valence electrons. The standard InChI is InChI=1S/C66H52N2/c1-5-18-49(19-6-1)52-34-40-60(41-35-52)67(59-28-11-4-12-29-59)63-30-16-25-56(47-63)57-26-17-31-64(48-57)68(61-42-36-53(37-43-61)50-20-7-2-8-21-50)62-44-38-54(39-45-62)65-32-13-14-33-66(65)58-27-15-24-55(46-58)51-22-9-3-10-23-51/h1-12,14-31,33-38,40-44,46-48H,13,32,39,45H2. The molecule has 0 saturated carbocycles. The molecule has 0 atom stereocenters. The number of nitrogens with zero attached hydrogens (tertiary/aromatic N) is 2. The second-order valence-corrected chi connectivity index (χ2v) is 17.6. The van der Waals surface area contributed by atoms with Crippen LogP contribution in [-0.4, -0.2) is 0 Å². The van der Waals surface area contributed by atoms with Gasteiger partial charge in [0.2, 0.25) is 0 Å². The van der Waals surface area contributed by atoms with E-state index in [2.05, 4.69) is 277 Å². The molecule has 9 aromatic carbocycles.